The van der Waals surface area contributed by atoms with Crippen LogP contribution in [0.3, 0.4) is 0 Å². The van der Waals surface area contributed by atoms with Crippen LogP contribution < -0.4 is 0 Å². The Labute approximate surface area is 113 Å². The smallest absolute Gasteiger partial charge is 0.328 e. The van der Waals surface area contributed by atoms with E-state index in [0.29, 0.717) is 5.56 Å². The first-order chi connectivity index (χ1) is 9.58. The SMILES string of the molecule is Cn1cncc1C(=O)ON=Cc1ccc([N+](=O)[O-])cc1. The van der Waals surface area contributed by atoms with Crippen LogP contribution in [0.4, 0.5) is 5.69 Å². The van der Waals surface area contributed by atoms with Crippen LogP contribution in [0.5, 0.6) is 0 Å². The van der Waals surface area contributed by atoms with E-state index < -0.39 is 10.9 Å². The van der Waals surface area contributed by atoms with E-state index in [0.717, 1.165) is 0 Å². The maximum absolute atomic E-state index is 11.6. The second-order valence-corrected chi connectivity index (χ2v) is 3.85. The minimum atomic E-state index is -0.636. The average Bonchev–Trinajstić information content (AvgIpc) is 2.85. The lowest BCUT2D eigenvalue weighted by molar-refractivity contribution is -0.384. The summed E-state index contributed by atoms with van der Waals surface area (Å²) in [4.78, 5) is 30.0. The van der Waals surface area contributed by atoms with Gasteiger partial charge in [0.1, 0.15) is 5.69 Å². The van der Waals surface area contributed by atoms with Crippen LogP contribution in [0, 0.1) is 10.1 Å². The van der Waals surface area contributed by atoms with Crippen molar-refractivity contribution in [3.05, 3.63) is 58.2 Å². The van der Waals surface area contributed by atoms with E-state index in [-0.39, 0.29) is 11.4 Å². The van der Waals surface area contributed by atoms with Crippen LogP contribution in [0.2, 0.25) is 0 Å². The van der Waals surface area contributed by atoms with Crippen LogP contribution in [0.15, 0.2) is 41.9 Å². The normalized spacial score (nSPS) is 10.7. The summed E-state index contributed by atoms with van der Waals surface area (Å²) in [5, 5.41) is 14.0. The van der Waals surface area contributed by atoms with Gasteiger partial charge in [-0.2, -0.15) is 0 Å². The number of nitro benzene ring substituents is 1. The number of nitro groups is 1. The molecule has 2 aromatic rings. The number of benzene rings is 1. The van der Waals surface area contributed by atoms with Crippen LogP contribution in [-0.4, -0.2) is 26.7 Å². The molecule has 2 rings (SSSR count). The van der Waals surface area contributed by atoms with Crippen LogP contribution >= 0.6 is 0 Å². The molecule has 0 saturated carbocycles. The van der Waals surface area contributed by atoms with E-state index in [1.807, 2.05) is 0 Å². The highest BCUT2D eigenvalue weighted by Crippen LogP contribution is 2.10. The largest absolute Gasteiger partial charge is 0.383 e. The molecule has 20 heavy (non-hydrogen) atoms. The lowest BCUT2D eigenvalue weighted by Crippen LogP contribution is -2.06. The quantitative estimate of drug-likeness (QED) is 0.364. The van der Waals surface area contributed by atoms with Gasteiger partial charge in [-0.15, -0.1) is 0 Å². The Morgan fingerprint density at radius 2 is 2.15 bits per heavy atom. The Hall–Kier alpha value is -3.03. The Bertz CT molecular complexity index is 660. The number of aromatic nitrogens is 2. The molecule has 1 aromatic heterocycles. The molecule has 8 nitrogen and oxygen atoms in total. The maximum Gasteiger partial charge on any atom is 0.383 e. The first kappa shape index (κ1) is 13.4. The molecule has 0 aliphatic carbocycles. The van der Waals surface area contributed by atoms with Gasteiger partial charge < -0.3 is 9.40 Å². The second kappa shape index (κ2) is 5.74. The number of hydrogen-bond donors (Lipinski definition) is 0. The summed E-state index contributed by atoms with van der Waals surface area (Å²) in [6.45, 7) is 0. The molecular weight excluding hydrogens is 264 g/mol. The molecule has 0 aliphatic rings. The third kappa shape index (κ3) is 3.05. The van der Waals surface area contributed by atoms with E-state index in [2.05, 4.69) is 15.0 Å². The monoisotopic (exact) mass is 274 g/mol. The number of hydrogen-bond acceptors (Lipinski definition) is 6. The number of carbonyl (C=O) groups is 1. The van der Waals surface area contributed by atoms with Gasteiger partial charge in [0.25, 0.3) is 5.69 Å². The van der Waals surface area contributed by atoms with E-state index in [4.69, 9.17) is 0 Å². The molecule has 1 aromatic carbocycles. The summed E-state index contributed by atoms with van der Waals surface area (Å²) in [5.41, 5.74) is 0.827. The van der Waals surface area contributed by atoms with Crippen molar-refractivity contribution >= 4 is 17.9 Å². The van der Waals surface area contributed by atoms with Crippen molar-refractivity contribution in [1.29, 1.82) is 0 Å². The molecule has 0 bridgehead atoms. The third-order valence-electron chi connectivity index (χ3n) is 2.47. The van der Waals surface area contributed by atoms with Crippen molar-refractivity contribution in [2.45, 2.75) is 0 Å². The predicted molar refractivity (Wildman–Crippen MR) is 69.3 cm³/mol. The summed E-state index contributed by atoms with van der Waals surface area (Å²) in [6.07, 6.45) is 4.12. The molecule has 102 valence electrons. The standard InChI is InChI=1S/C12H10N4O4/c1-15-8-13-7-11(15)12(17)20-14-6-9-2-4-10(5-3-9)16(18)19/h2-8H,1H3. The maximum atomic E-state index is 11.6. The number of rotatable bonds is 4. The van der Waals surface area contributed by atoms with Gasteiger partial charge in [-0.05, 0) is 17.7 Å². The first-order valence-corrected chi connectivity index (χ1v) is 5.53. The molecule has 0 aliphatic heterocycles. The van der Waals surface area contributed by atoms with Crippen LogP contribution in [0.1, 0.15) is 16.1 Å². The third-order valence-corrected chi connectivity index (χ3v) is 2.47. The Balaban J connectivity index is 1.98. The van der Waals surface area contributed by atoms with Crippen LogP contribution in [-0.2, 0) is 11.9 Å². The highest BCUT2D eigenvalue weighted by molar-refractivity contribution is 5.88. The first-order valence-electron chi connectivity index (χ1n) is 5.53. The fraction of sp³-hybridized carbons (Fsp3) is 0.0833. The van der Waals surface area contributed by atoms with Crippen molar-refractivity contribution in [2.24, 2.45) is 12.2 Å². The number of non-ortho nitro benzene ring substituents is 1. The molecule has 0 N–H and O–H groups in total. The minimum Gasteiger partial charge on any atom is -0.328 e. The van der Waals surface area contributed by atoms with Crippen molar-refractivity contribution in [3.63, 3.8) is 0 Å². The second-order valence-electron chi connectivity index (χ2n) is 3.85. The Kier molecular flexibility index (Phi) is 3.85. The van der Waals surface area contributed by atoms with E-state index in [1.165, 1.54) is 47.6 Å². The van der Waals surface area contributed by atoms with Gasteiger partial charge in [0.2, 0.25) is 0 Å². The molecule has 0 unspecified atom stereocenters. The summed E-state index contributed by atoms with van der Waals surface area (Å²) < 4.78 is 1.50. The van der Waals surface area contributed by atoms with Gasteiger partial charge in [0.15, 0.2) is 0 Å². The molecule has 1 heterocycles. The molecule has 0 saturated heterocycles. The lowest BCUT2D eigenvalue weighted by Gasteiger charge is -1.98. The minimum absolute atomic E-state index is 0.0194. The van der Waals surface area contributed by atoms with Crippen molar-refractivity contribution in [2.75, 3.05) is 0 Å². The lowest BCUT2D eigenvalue weighted by atomic mass is 10.2. The van der Waals surface area contributed by atoms with Crippen LogP contribution in [0.25, 0.3) is 0 Å². The van der Waals surface area contributed by atoms with Gasteiger partial charge in [0.05, 0.1) is 23.7 Å². The molecule has 8 heteroatoms. The fourth-order valence-corrected chi connectivity index (χ4v) is 1.42. The Morgan fingerprint density at radius 1 is 1.45 bits per heavy atom. The van der Waals surface area contributed by atoms with Crippen molar-refractivity contribution in [3.8, 4) is 0 Å². The summed E-state index contributed by atoms with van der Waals surface area (Å²) in [5.74, 6) is -0.636. The number of oxime groups is 1. The highest BCUT2D eigenvalue weighted by atomic mass is 16.7. The van der Waals surface area contributed by atoms with Gasteiger partial charge >= 0.3 is 5.97 Å². The molecule has 0 amide bonds. The topological polar surface area (TPSA) is 99.6 Å². The Morgan fingerprint density at radius 3 is 2.70 bits per heavy atom. The summed E-state index contributed by atoms with van der Waals surface area (Å²) in [6, 6.07) is 5.67. The molecular formula is C12H10N4O4. The average molecular weight is 274 g/mol. The molecule has 0 fully saturated rings. The molecule has 0 radical (unpaired) electrons. The van der Waals surface area contributed by atoms with E-state index in [9.17, 15) is 14.9 Å². The van der Waals surface area contributed by atoms with Crippen molar-refractivity contribution < 1.29 is 14.6 Å². The summed E-state index contributed by atoms with van der Waals surface area (Å²) in [7, 11) is 1.66. The highest BCUT2D eigenvalue weighted by Gasteiger charge is 2.10. The van der Waals surface area contributed by atoms with Gasteiger partial charge in [0, 0.05) is 19.2 Å². The zero-order chi connectivity index (χ0) is 14.5. The van der Waals surface area contributed by atoms with Gasteiger partial charge in [-0.1, -0.05) is 5.16 Å². The van der Waals surface area contributed by atoms with Gasteiger partial charge in [-0.25, -0.2) is 9.78 Å². The zero-order valence-corrected chi connectivity index (χ0v) is 10.5. The fourth-order valence-electron chi connectivity index (χ4n) is 1.42. The number of aryl methyl sites for hydroxylation is 1. The number of carbonyl (C=O) groups excluding carboxylic acids is 1. The van der Waals surface area contributed by atoms with Crippen molar-refractivity contribution in [1.82, 2.24) is 9.55 Å². The predicted octanol–water partition coefficient (Wildman–Crippen LogP) is 1.52. The molecule has 0 atom stereocenters. The van der Waals surface area contributed by atoms with E-state index in [1.54, 1.807) is 7.05 Å². The number of imidazole rings is 1. The molecule has 0 spiro atoms. The zero-order valence-electron chi connectivity index (χ0n) is 10.5. The number of nitrogens with zero attached hydrogens (tertiary/aromatic N) is 4. The van der Waals surface area contributed by atoms with E-state index >= 15 is 0 Å². The van der Waals surface area contributed by atoms with Gasteiger partial charge in [-0.3, -0.25) is 10.1 Å². The summed E-state index contributed by atoms with van der Waals surface area (Å²) >= 11 is 0.